The lowest BCUT2D eigenvalue weighted by molar-refractivity contribution is -0.137. The fraction of sp³-hybridized carbons (Fsp3) is 0.526. The normalized spacial score (nSPS) is 12.3. The van der Waals surface area contributed by atoms with E-state index in [1.54, 1.807) is 6.20 Å². The average molecular weight is 576 g/mol. The van der Waals surface area contributed by atoms with E-state index in [1.165, 1.54) is 0 Å². The summed E-state index contributed by atoms with van der Waals surface area (Å²) in [6.45, 7) is 9.34. The maximum absolute atomic E-state index is 12.6. The van der Waals surface area contributed by atoms with Crippen LogP contribution in [0.2, 0.25) is 5.02 Å². The Balaban J connectivity index is 0.00000480. The van der Waals surface area contributed by atoms with Crippen molar-refractivity contribution in [1.29, 1.82) is 0 Å². The molecule has 0 aliphatic rings. The largest absolute Gasteiger partial charge is 0.475 e. The minimum atomic E-state index is -4.51. The zero-order chi connectivity index (χ0) is 22.4. The average Bonchev–Trinajstić information content (AvgIpc) is 3.12. The Kier molecular flexibility index (Phi) is 10.3. The van der Waals surface area contributed by atoms with Crippen LogP contribution in [0.5, 0.6) is 5.88 Å². The Morgan fingerprint density at radius 1 is 1.19 bits per heavy atom. The van der Waals surface area contributed by atoms with Crippen molar-refractivity contribution < 1.29 is 22.3 Å². The molecular formula is C19H26ClF3IN5O2. The molecule has 2 rings (SSSR count). The van der Waals surface area contributed by atoms with Crippen molar-refractivity contribution in [2.75, 3.05) is 19.7 Å². The third-order valence-corrected chi connectivity index (χ3v) is 4.05. The Morgan fingerprint density at radius 2 is 1.90 bits per heavy atom. The predicted octanol–water partition coefficient (Wildman–Crippen LogP) is 4.79. The number of aromatic nitrogens is 2. The van der Waals surface area contributed by atoms with Gasteiger partial charge in [0.15, 0.2) is 5.96 Å². The maximum Gasteiger partial charge on any atom is 0.417 e. The molecule has 0 atom stereocenters. The molecule has 2 heterocycles. The number of alkyl halides is 3. The lowest BCUT2D eigenvalue weighted by atomic mass is 9.94. The minimum absolute atomic E-state index is 0. The summed E-state index contributed by atoms with van der Waals surface area (Å²) in [7, 11) is 0. The van der Waals surface area contributed by atoms with Gasteiger partial charge < -0.3 is 19.8 Å². The van der Waals surface area contributed by atoms with Crippen LogP contribution in [0.4, 0.5) is 13.2 Å². The van der Waals surface area contributed by atoms with Gasteiger partial charge in [-0.25, -0.2) is 15.0 Å². The van der Waals surface area contributed by atoms with Gasteiger partial charge in [0.25, 0.3) is 0 Å². The number of pyridine rings is 1. The molecule has 0 unspecified atom stereocenters. The van der Waals surface area contributed by atoms with Crippen molar-refractivity contribution in [3.05, 3.63) is 40.7 Å². The second-order valence-electron chi connectivity index (χ2n) is 7.35. The topological polar surface area (TPSA) is 84.6 Å². The monoisotopic (exact) mass is 575 g/mol. The van der Waals surface area contributed by atoms with E-state index >= 15 is 0 Å². The number of nitrogens with zero attached hydrogens (tertiary/aromatic N) is 3. The van der Waals surface area contributed by atoms with Crippen LogP contribution in [-0.4, -0.2) is 35.6 Å². The van der Waals surface area contributed by atoms with Crippen LogP contribution in [0, 0.1) is 0 Å². The molecule has 2 aromatic heterocycles. The van der Waals surface area contributed by atoms with E-state index < -0.39 is 11.7 Å². The Bertz CT molecular complexity index is 869. The first-order chi connectivity index (χ1) is 14.0. The molecule has 0 bridgehead atoms. The molecular weight excluding hydrogens is 550 g/mol. The van der Waals surface area contributed by atoms with Gasteiger partial charge in [0.1, 0.15) is 23.9 Å². The fourth-order valence-corrected chi connectivity index (χ4v) is 2.44. The molecule has 2 N–H and O–H groups in total. The molecule has 12 heteroatoms. The van der Waals surface area contributed by atoms with E-state index in [0.29, 0.717) is 31.1 Å². The second-order valence-corrected chi connectivity index (χ2v) is 7.75. The highest BCUT2D eigenvalue weighted by Gasteiger charge is 2.31. The first-order valence-electron chi connectivity index (χ1n) is 9.33. The summed E-state index contributed by atoms with van der Waals surface area (Å²) >= 11 is 5.82. The molecule has 0 radical (unpaired) electrons. The molecule has 0 aromatic carbocycles. The van der Waals surface area contributed by atoms with Gasteiger partial charge in [0, 0.05) is 18.2 Å². The molecule has 0 saturated heterocycles. The highest BCUT2D eigenvalue weighted by molar-refractivity contribution is 14.0. The number of rotatable bonds is 7. The van der Waals surface area contributed by atoms with Gasteiger partial charge in [-0.05, 0) is 13.0 Å². The molecule has 0 saturated carbocycles. The maximum atomic E-state index is 12.6. The predicted molar refractivity (Wildman–Crippen MR) is 123 cm³/mol. The zero-order valence-corrected chi connectivity index (χ0v) is 20.7. The van der Waals surface area contributed by atoms with E-state index in [0.717, 1.165) is 11.8 Å². The number of hydrogen-bond acceptors (Lipinski definition) is 5. The van der Waals surface area contributed by atoms with E-state index in [4.69, 9.17) is 20.8 Å². The van der Waals surface area contributed by atoms with Gasteiger partial charge in [-0.2, -0.15) is 13.2 Å². The third kappa shape index (κ3) is 8.71. The number of ether oxygens (including phenoxy) is 1. The quantitative estimate of drug-likeness (QED) is 0.214. The van der Waals surface area contributed by atoms with Crippen LogP contribution in [-0.2, 0) is 18.1 Å². The molecule has 2 aromatic rings. The lowest BCUT2D eigenvalue weighted by Crippen LogP contribution is -2.39. The van der Waals surface area contributed by atoms with Crippen LogP contribution in [0.3, 0.4) is 0 Å². The van der Waals surface area contributed by atoms with Crippen molar-refractivity contribution >= 4 is 41.5 Å². The number of nitrogens with one attached hydrogen (secondary N) is 2. The van der Waals surface area contributed by atoms with Gasteiger partial charge >= 0.3 is 6.18 Å². The molecule has 0 aliphatic carbocycles. The molecule has 0 fully saturated rings. The van der Waals surface area contributed by atoms with E-state index in [2.05, 4.69) is 25.6 Å². The van der Waals surface area contributed by atoms with E-state index in [9.17, 15) is 13.2 Å². The first-order valence-corrected chi connectivity index (χ1v) is 9.71. The van der Waals surface area contributed by atoms with Crippen molar-refractivity contribution in [2.24, 2.45) is 4.99 Å². The SMILES string of the molecule is CCNC(=NCc1ncc(C(C)(C)C)o1)NCCOc1ncc(C(F)(F)F)cc1Cl.I. The highest BCUT2D eigenvalue weighted by atomic mass is 127. The number of hydrogen-bond donors (Lipinski definition) is 2. The second kappa shape index (κ2) is 11.7. The van der Waals surface area contributed by atoms with Gasteiger partial charge in [0.2, 0.25) is 11.8 Å². The van der Waals surface area contributed by atoms with Gasteiger partial charge in [-0.3, -0.25) is 0 Å². The number of halogens is 5. The summed E-state index contributed by atoms with van der Waals surface area (Å²) in [5.74, 6) is 1.72. The Labute approximate surface area is 201 Å². The Morgan fingerprint density at radius 3 is 2.45 bits per heavy atom. The summed E-state index contributed by atoms with van der Waals surface area (Å²) in [5, 5.41) is 5.91. The van der Waals surface area contributed by atoms with Crippen LogP contribution < -0.4 is 15.4 Å². The van der Waals surface area contributed by atoms with Crippen molar-refractivity contribution in [1.82, 2.24) is 20.6 Å². The molecule has 7 nitrogen and oxygen atoms in total. The van der Waals surface area contributed by atoms with Gasteiger partial charge in [-0.1, -0.05) is 32.4 Å². The molecule has 31 heavy (non-hydrogen) atoms. The Hall–Kier alpha value is -1.76. The van der Waals surface area contributed by atoms with Crippen LogP contribution >= 0.6 is 35.6 Å². The van der Waals surface area contributed by atoms with Crippen molar-refractivity contribution in [3.8, 4) is 5.88 Å². The smallest absolute Gasteiger partial charge is 0.417 e. The minimum Gasteiger partial charge on any atom is -0.475 e. The van der Waals surface area contributed by atoms with Crippen LogP contribution in [0.25, 0.3) is 0 Å². The number of aliphatic imine (C=N–C) groups is 1. The van der Waals surface area contributed by atoms with Crippen molar-refractivity contribution in [2.45, 2.75) is 45.8 Å². The molecule has 0 spiro atoms. The van der Waals surface area contributed by atoms with Crippen LogP contribution in [0.15, 0.2) is 27.9 Å². The molecule has 174 valence electrons. The first kappa shape index (κ1) is 27.3. The van der Waals surface area contributed by atoms with Crippen molar-refractivity contribution in [3.63, 3.8) is 0 Å². The fourth-order valence-electron chi connectivity index (χ4n) is 2.22. The summed E-state index contributed by atoms with van der Waals surface area (Å²) < 4.78 is 49.0. The van der Waals surface area contributed by atoms with Gasteiger partial charge in [-0.15, -0.1) is 24.0 Å². The molecule has 0 aliphatic heterocycles. The standard InChI is InChI=1S/C19H25ClF3N5O2.HI/c1-5-24-17(28-11-15-26-10-14(30-15)18(2,3)4)25-6-7-29-16-13(20)8-12(9-27-16)19(21,22)23;/h8-10H,5-7,11H2,1-4H3,(H2,24,25,28);1H. The van der Waals surface area contributed by atoms with Crippen LogP contribution in [0.1, 0.15) is 44.9 Å². The van der Waals surface area contributed by atoms with Gasteiger partial charge in [0.05, 0.1) is 18.3 Å². The van der Waals surface area contributed by atoms with E-state index in [1.807, 2.05) is 27.7 Å². The number of guanidine groups is 1. The number of oxazole rings is 1. The summed E-state index contributed by atoms with van der Waals surface area (Å²) in [6, 6.07) is 0.783. The summed E-state index contributed by atoms with van der Waals surface area (Å²) in [5.41, 5.74) is -1.07. The molecule has 0 amide bonds. The lowest BCUT2D eigenvalue weighted by Gasteiger charge is -2.13. The summed E-state index contributed by atoms with van der Waals surface area (Å²) in [6.07, 6.45) is -2.13. The van der Waals surface area contributed by atoms with E-state index in [-0.39, 0.29) is 53.4 Å². The summed E-state index contributed by atoms with van der Waals surface area (Å²) in [4.78, 5) is 12.3. The third-order valence-electron chi connectivity index (χ3n) is 3.78. The highest BCUT2D eigenvalue weighted by Crippen LogP contribution is 2.33. The zero-order valence-electron chi connectivity index (χ0n) is 17.6.